The lowest BCUT2D eigenvalue weighted by atomic mass is 10.1. The number of nitrogens with zero attached hydrogens (tertiary/aromatic N) is 3. The maximum atomic E-state index is 13.7. The summed E-state index contributed by atoms with van der Waals surface area (Å²) in [5.41, 5.74) is 1.54. The summed E-state index contributed by atoms with van der Waals surface area (Å²) in [4.78, 5) is 20.2. The topological polar surface area (TPSA) is 71.8 Å². The Morgan fingerprint density at radius 3 is 2.81 bits per heavy atom. The summed E-state index contributed by atoms with van der Waals surface area (Å²) in [5.74, 6) is 0.529. The van der Waals surface area contributed by atoms with E-state index in [0.717, 1.165) is 11.4 Å². The zero-order chi connectivity index (χ0) is 19.1. The van der Waals surface area contributed by atoms with Crippen molar-refractivity contribution in [2.75, 3.05) is 6.54 Å². The molecule has 0 unspecified atom stereocenters. The Bertz CT molecular complexity index is 884. The van der Waals surface area contributed by atoms with Gasteiger partial charge in [0.2, 0.25) is 0 Å². The number of hydrogen-bond donors (Lipinski definition) is 2. The van der Waals surface area contributed by atoms with Crippen LogP contribution in [-0.4, -0.2) is 27.1 Å². The smallest absolute Gasteiger partial charge is 0.315 e. The second-order valence-electron chi connectivity index (χ2n) is 5.94. The number of urea groups is 1. The molecule has 1 aromatic carbocycles. The van der Waals surface area contributed by atoms with E-state index in [0.29, 0.717) is 36.0 Å². The molecule has 2 N–H and O–H groups in total. The molecule has 2 aromatic heterocycles. The number of rotatable bonds is 7. The van der Waals surface area contributed by atoms with Gasteiger partial charge in [0.25, 0.3) is 0 Å². The summed E-state index contributed by atoms with van der Waals surface area (Å²) < 4.78 is 16.2. The predicted molar refractivity (Wildman–Crippen MR) is 104 cm³/mol. The number of aryl methyl sites for hydroxylation is 1. The molecule has 0 aliphatic carbocycles. The van der Waals surface area contributed by atoms with Crippen LogP contribution < -0.4 is 10.6 Å². The van der Waals surface area contributed by atoms with Crippen LogP contribution in [0.25, 0.3) is 5.82 Å². The maximum absolute atomic E-state index is 13.7. The first kappa shape index (κ1) is 19.0. The molecule has 2 heterocycles. The molecule has 0 aliphatic heterocycles. The van der Waals surface area contributed by atoms with Gasteiger partial charge in [-0.2, -0.15) is 0 Å². The standard InChI is InChI=1S/C19H19BrFN5O/c20-16-5-4-15(17(21)10-16)2-1-7-23-19(27)25-12-14-3-6-18(24-11-14)26-9-8-22-13-26/h3-6,8-11,13H,1-2,7,12H2,(H2,23,25,27). The number of amides is 2. The van der Waals surface area contributed by atoms with Crippen LogP contribution in [0.4, 0.5) is 9.18 Å². The largest absolute Gasteiger partial charge is 0.338 e. The highest BCUT2D eigenvalue weighted by atomic mass is 79.9. The summed E-state index contributed by atoms with van der Waals surface area (Å²) in [5, 5.41) is 5.55. The number of benzene rings is 1. The van der Waals surface area contributed by atoms with E-state index >= 15 is 0 Å². The van der Waals surface area contributed by atoms with Gasteiger partial charge in [-0.1, -0.05) is 28.1 Å². The Morgan fingerprint density at radius 1 is 1.22 bits per heavy atom. The molecule has 0 atom stereocenters. The van der Waals surface area contributed by atoms with Gasteiger partial charge in [0.15, 0.2) is 0 Å². The number of carbonyl (C=O) groups is 1. The molecule has 140 valence electrons. The summed E-state index contributed by atoms with van der Waals surface area (Å²) in [7, 11) is 0. The third kappa shape index (κ3) is 5.62. The van der Waals surface area contributed by atoms with Gasteiger partial charge >= 0.3 is 6.03 Å². The Hall–Kier alpha value is -2.74. The van der Waals surface area contributed by atoms with E-state index in [4.69, 9.17) is 0 Å². The first-order valence-corrected chi connectivity index (χ1v) is 9.30. The number of carbonyl (C=O) groups excluding carboxylic acids is 1. The lowest BCUT2D eigenvalue weighted by Crippen LogP contribution is -2.35. The number of hydrogen-bond acceptors (Lipinski definition) is 3. The van der Waals surface area contributed by atoms with Crippen molar-refractivity contribution >= 4 is 22.0 Å². The predicted octanol–water partition coefficient (Wildman–Crippen LogP) is 3.60. The van der Waals surface area contributed by atoms with Gasteiger partial charge in [0.1, 0.15) is 18.0 Å². The molecule has 2 amide bonds. The van der Waals surface area contributed by atoms with Crippen molar-refractivity contribution in [2.45, 2.75) is 19.4 Å². The molecule has 0 bridgehead atoms. The van der Waals surface area contributed by atoms with E-state index in [1.165, 1.54) is 6.07 Å². The number of imidazole rings is 1. The number of nitrogens with one attached hydrogen (secondary N) is 2. The van der Waals surface area contributed by atoms with Crippen LogP contribution >= 0.6 is 15.9 Å². The third-order valence-electron chi connectivity index (χ3n) is 3.95. The highest BCUT2D eigenvalue weighted by molar-refractivity contribution is 9.10. The van der Waals surface area contributed by atoms with Gasteiger partial charge in [-0.3, -0.25) is 4.57 Å². The molecule has 6 nitrogen and oxygen atoms in total. The fraction of sp³-hybridized carbons (Fsp3) is 0.211. The fourth-order valence-corrected chi connectivity index (χ4v) is 2.85. The van der Waals surface area contributed by atoms with Gasteiger partial charge < -0.3 is 10.6 Å². The molecule has 0 spiro atoms. The molecule has 8 heteroatoms. The molecule has 0 saturated heterocycles. The minimum Gasteiger partial charge on any atom is -0.338 e. The highest BCUT2D eigenvalue weighted by Gasteiger charge is 2.04. The molecule has 0 aliphatic rings. The summed E-state index contributed by atoms with van der Waals surface area (Å²) in [6.07, 6.45) is 8.12. The van der Waals surface area contributed by atoms with Crippen LogP contribution in [0.1, 0.15) is 17.5 Å². The molecule has 0 fully saturated rings. The van der Waals surface area contributed by atoms with Gasteiger partial charge in [-0.05, 0) is 42.2 Å². The van der Waals surface area contributed by atoms with Crippen molar-refractivity contribution in [3.05, 3.63) is 76.7 Å². The number of pyridine rings is 1. The molecular formula is C19H19BrFN5O. The van der Waals surface area contributed by atoms with Crippen LogP contribution in [0.5, 0.6) is 0 Å². The molecule has 3 rings (SSSR count). The van der Waals surface area contributed by atoms with E-state index in [1.807, 2.05) is 24.4 Å². The van der Waals surface area contributed by atoms with E-state index in [1.54, 1.807) is 29.4 Å². The van der Waals surface area contributed by atoms with E-state index < -0.39 is 0 Å². The summed E-state index contributed by atoms with van der Waals surface area (Å²) in [6.45, 7) is 0.851. The Kier molecular flexibility index (Phi) is 6.54. The van der Waals surface area contributed by atoms with Crippen LogP contribution in [0, 0.1) is 5.82 Å². The molecule has 27 heavy (non-hydrogen) atoms. The zero-order valence-corrected chi connectivity index (χ0v) is 16.1. The maximum Gasteiger partial charge on any atom is 0.315 e. The van der Waals surface area contributed by atoms with Gasteiger partial charge in [-0.25, -0.2) is 19.2 Å². The third-order valence-corrected chi connectivity index (χ3v) is 4.45. The van der Waals surface area contributed by atoms with Crippen LogP contribution in [-0.2, 0) is 13.0 Å². The lowest BCUT2D eigenvalue weighted by molar-refractivity contribution is 0.240. The highest BCUT2D eigenvalue weighted by Crippen LogP contribution is 2.16. The summed E-state index contributed by atoms with van der Waals surface area (Å²) in [6, 6.07) is 8.51. The molecular weight excluding hydrogens is 413 g/mol. The van der Waals surface area contributed by atoms with Gasteiger partial charge in [0, 0.05) is 36.2 Å². The van der Waals surface area contributed by atoms with Gasteiger partial charge in [0.05, 0.1) is 0 Å². The van der Waals surface area contributed by atoms with Crippen LogP contribution in [0.15, 0.2) is 59.7 Å². The Balaban J connectivity index is 1.37. The number of aromatic nitrogens is 3. The van der Waals surface area contributed by atoms with E-state index in [2.05, 4.69) is 36.5 Å². The Labute approximate surface area is 165 Å². The van der Waals surface area contributed by atoms with Crippen molar-refractivity contribution in [3.8, 4) is 5.82 Å². The number of halogens is 2. The average molecular weight is 432 g/mol. The first-order chi connectivity index (χ1) is 13.1. The molecule has 3 aromatic rings. The summed E-state index contributed by atoms with van der Waals surface area (Å²) >= 11 is 3.23. The molecule has 0 radical (unpaired) electrons. The lowest BCUT2D eigenvalue weighted by Gasteiger charge is -2.09. The van der Waals surface area contributed by atoms with Gasteiger partial charge in [-0.15, -0.1) is 0 Å². The van der Waals surface area contributed by atoms with Crippen molar-refractivity contribution in [1.82, 2.24) is 25.2 Å². The SMILES string of the molecule is O=C(NCCCc1ccc(Br)cc1F)NCc1ccc(-n2ccnc2)nc1. The normalized spacial score (nSPS) is 10.6. The van der Waals surface area contributed by atoms with E-state index in [9.17, 15) is 9.18 Å². The van der Waals surface area contributed by atoms with Crippen molar-refractivity contribution in [3.63, 3.8) is 0 Å². The first-order valence-electron chi connectivity index (χ1n) is 8.51. The zero-order valence-electron chi connectivity index (χ0n) is 14.5. The van der Waals surface area contributed by atoms with E-state index in [-0.39, 0.29) is 11.8 Å². The Morgan fingerprint density at radius 2 is 2.11 bits per heavy atom. The quantitative estimate of drug-likeness (QED) is 0.561. The van der Waals surface area contributed by atoms with Crippen molar-refractivity contribution in [2.24, 2.45) is 0 Å². The second kappa shape index (κ2) is 9.27. The second-order valence-corrected chi connectivity index (χ2v) is 6.86. The minimum absolute atomic E-state index is 0.236. The average Bonchev–Trinajstić information content (AvgIpc) is 3.20. The monoisotopic (exact) mass is 431 g/mol. The van der Waals surface area contributed by atoms with Crippen molar-refractivity contribution in [1.29, 1.82) is 0 Å². The van der Waals surface area contributed by atoms with Crippen molar-refractivity contribution < 1.29 is 9.18 Å². The van der Waals surface area contributed by atoms with Crippen LogP contribution in [0.2, 0.25) is 0 Å². The molecule has 0 saturated carbocycles. The fourth-order valence-electron chi connectivity index (χ4n) is 2.52. The minimum atomic E-state index is -0.259. The van der Waals surface area contributed by atoms with Crippen LogP contribution in [0.3, 0.4) is 0 Å².